The first-order valence-corrected chi connectivity index (χ1v) is 9.97. The van der Waals surface area contributed by atoms with Crippen molar-refractivity contribution in [2.45, 2.75) is 77.1 Å². The van der Waals surface area contributed by atoms with Crippen molar-refractivity contribution in [1.29, 1.82) is 0 Å². The smallest absolute Gasteiger partial charge is 0.192 e. The molecule has 0 spiro atoms. The molecule has 3 heteroatoms. The van der Waals surface area contributed by atoms with E-state index in [9.17, 15) is 0 Å². The predicted molar refractivity (Wildman–Crippen MR) is 75.7 cm³/mol. The summed E-state index contributed by atoms with van der Waals surface area (Å²) in [6.45, 7) is 11.9. The molecule has 17 heavy (non-hydrogen) atoms. The van der Waals surface area contributed by atoms with Crippen LogP contribution in [-0.4, -0.2) is 26.1 Å². The van der Waals surface area contributed by atoms with Gasteiger partial charge in [0.05, 0.1) is 0 Å². The molecule has 0 radical (unpaired) electrons. The fourth-order valence-corrected chi connectivity index (χ4v) is 3.80. The van der Waals surface area contributed by atoms with Crippen LogP contribution in [0.25, 0.3) is 0 Å². The standard InChI is InChI=1S/C14H30O2Si/c1-14(2,3)17(4,5)16-13-9-7-6-8-12(13)10-11-15/h12-13,15H,6-11H2,1-5H3/t12-,13-/m0/s1. The van der Waals surface area contributed by atoms with Crippen molar-refractivity contribution < 1.29 is 9.53 Å². The van der Waals surface area contributed by atoms with Crippen molar-refractivity contribution in [1.82, 2.24) is 0 Å². The van der Waals surface area contributed by atoms with Gasteiger partial charge in [0.25, 0.3) is 0 Å². The van der Waals surface area contributed by atoms with Gasteiger partial charge in [0.15, 0.2) is 8.32 Å². The van der Waals surface area contributed by atoms with Crippen LogP contribution in [0, 0.1) is 5.92 Å². The van der Waals surface area contributed by atoms with Crippen LogP contribution in [-0.2, 0) is 4.43 Å². The Balaban J connectivity index is 2.64. The van der Waals surface area contributed by atoms with Gasteiger partial charge in [-0.15, -0.1) is 0 Å². The Hall–Kier alpha value is 0.137. The number of rotatable bonds is 4. The third-order valence-electron chi connectivity index (χ3n) is 4.59. The van der Waals surface area contributed by atoms with Crippen molar-refractivity contribution in [3.63, 3.8) is 0 Å². The zero-order valence-corrected chi connectivity index (χ0v) is 13.3. The van der Waals surface area contributed by atoms with Crippen LogP contribution in [0.15, 0.2) is 0 Å². The molecular weight excluding hydrogens is 228 g/mol. The summed E-state index contributed by atoms with van der Waals surface area (Å²) in [5.41, 5.74) is 0. The average Bonchev–Trinajstić information content (AvgIpc) is 2.19. The molecule has 1 N–H and O–H groups in total. The van der Waals surface area contributed by atoms with E-state index in [-0.39, 0.29) is 5.04 Å². The Labute approximate surface area is 108 Å². The van der Waals surface area contributed by atoms with E-state index in [0.717, 1.165) is 6.42 Å². The third kappa shape index (κ3) is 4.07. The average molecular weight is 258 g/mol. The zero-order chi connectivity index (χ0) is 13.1. The summed E-state index contributed by atoms with van der Waals surface area (Å²) in [5, 5.41) is 9.44. The lowest BCUT2D eigenvalue weighted by molar-refractivity contribution is 0.0637. The van der Waals surface area contributed by atoms with Gasteiger partial charge in [-0.1, -0.05) is 33.6 Å². The van der Waals surface area contributed by atoms with Gasteiger partial charge in [-0.05, 0) is 43.3 Å². The van der Waals surface area contributed by atoms with E-state index in [1.165, 1.54) is 25.7 Å². The molecule has 1 rings (SSSR count). The quantitative estimate of drug-likeness (QED) is 0.774. The van der Waals surface area contributed by atoms with Gasteiger partial charge in [-0.25, -0.2) is 0 Å². The van der Waals surface area contributed by atoms with Gasteiger partial charge in [0.1, 0.15) is 0 Å². The molecule has 0 amide bonds. The van der Waals surface area contributed by atoms with Gasteiger partial charge in [-0.2, -0.15) is 0 Å². The molecule has 0 bridgehead atoms. The SMILES string of the molecule is CC(C)(C)[Si](C)(C)O[C@H]1CCCC[C@H]1CCO. The van der Waals surface area contributed by atoms with Gasteiger partial charge >= 0.3 is 0 Å². The summed E-state index contributed by atoms with van der Waals surface area (Å²) in [6, 6.07) is 0. The molecule has 1 aliphatic carbocycles. The van der Waals surface area contributed by atoms with Gasteiger partial charge in [0, 0.05) is 12.7 Å². The maximum atomic E-state index is 9.15. The van der Waals surface area contributed by atoms with Gasteiger partial charge in [-0.3, -0.25) is 0 Å². The van der Waals surface area contributed by atoms with Crippen molar-refractivity contribution >= 4 is 8.32 Å². The Bertz CT molecular complexity index is 231. The summed E-state index contributed by atoms with van der Waals surface area (Å²) in [5.74, 6) is 0.586. The van der Waals surface area contributed by atoms with Crippen molar-refractivity contribution in [3.8, 4) is 0 Å². The number of aliphatic hydroxyl groups excluding tert-OH is 1. The van der Waals surface area contributed by atoms with E-state index >= 15 is 0 Å². The molecule has 1 fully saturated rings. The van der Waals surface area contributed by atoms with Crippen LogP contribution in [0.4, 0.5) is 0 Å². The van der Waals surface area contributed by atoms with Crippen molar-refractivity contribution in [2.75, 3.05) is 6.61 Å². The molecule has 102 valence electrons. The van der Waals surface area contributed by atoms with E-state index in [2.05, 4.69) is 33.9 Å². The van der Waals surface area contributed by atoms with Crippen LogP contribution in [0.5, 0.6) is 0 Å². The van der Waals surface area contributed by atoms with E-state index in [1.54, 1.807) is 0 Å². The number of hydrogen-bond acceptors (Lipinski definition) is 2. The predicted octanol–water partition coefficient (Wildman–Crippen LogP) is 3.95. The highest BCUT2D eigenvalue weighted by Crippen LogP contribution is 2.40. The second-order valence-corrected chi connectivity index (χ2v) is 11.7. The van der Waals surface area contributed by atoms with Crippen LogP contribution in [0.1, 0.15) is 52.9 Å². The van der Waals surface area contributed by atoms with Crippen LogP contribution < -0.4 is 0 Å². The molecule has 1 aliphatic rings. The molecule has 1 saturated carbocycles. The lowest BCUT2D eigenvalue weighted by Gasteiger charge is -2.43. The Morgan fingerprint density at radius 2 is 1.76 bits per heavy atom. The molecule has 2 atom stereocenters. The highest BCUT2D eigenvalue weighted by atomic mass is 28.4. The maximum absolute atomic E-state index is 9.15. The van der Waals surface area contributed by atoms with E-state index in [4.69, 9.17) is 9.53 Å². The molecule has 0 heterocycles. The fourth-order valence-electron chi connectivity index (χ4n) is 2.38. The normalized spacial score (nSPS) is 27.2. The first-order valence-electron chi connectivity index (χ1n) is 7.06. The highest BCUT2D eigenvalue weighted by molar-refractivity contribution is 6.74. The summed E-state index contributed by atoms with van der Waals surface area (Å²) in [7, 11) is -1.64. The van der Waals surface area contributed by atoms with Crippen molar-refractivity contribution in [3.05, 3.63) is 0 Å². The molecule has 0 unspecified atom stereocenters. The molecule has 0 aromatic heterocycles. The molecule has 0 aromatic carbocycles. The van der Waals surface area contributed by atoms with Gasteiger partial charge in [0.2, 0.25) is 0 Å². The minimum Gasteiger partial charge on any atom is -0.414 e. The van der Waals surface area contributed by atoms with Gasteiger partial charge < -0.3 is 9.53 Å². The fraction of sp³-hybridized carbons (Fsp3) is 1.00. The largest absolute Gasteiger partial charge is 0.414 e. The Morgan fingerprint density at radius 3 is 2.29 bits per heavy atom. The summed E-state index contributed by atoms with van der Waals surface area (Å²) >= 11 is 0. The topological polar surface area (TPSA) is 29.5 Å². The molecule has 0 aromatic rings. The summed E-state index contributed by atoms with van der Waals surface area (Å²) in [6.07, 6.45) is 6.34. The van der Waals surface area contributed by atoms with E-state index in [1.807, 2.05) is 0 Å². The summed E-state index contributed by atoms with van der Waals surface area (Å²) < 4.78 is 6.54. The second-order valence-electron chi connectivity index (χ2n) is 6.97. The number of hydrogen-bond donors (Lipinski definition) is 1. The minimum atomic E-state index is -1.64. The highest BCUT2D eigenvalue weighted by Gasteiger charge is 2.41. The lowest BCUT2D eigenvalue weighted by atomic mass is 9.85. The van der Waals surface area contributed by atoms with Crippen LogP contribution >= 0.6 is 0 Å². The monoisotopic (exact) mass is 258 g/mol. The number of aliphatic hydroxyl groups is 1. The zero-order valence-electron chi connectivity index (χ0n) is 12.3. The molecule has 0 saturated heterocycles. The summed E-state index contributed by atoms with van der Waals surface area (Å²) in [4.78, 5) is 0. The maximum Gasteiger partial charge on any atom is 0.192 e. The van der Waals surface area contributed by atoms with Crippen LogP contribution in [0.2, 0.25) is 18.1 Å². The molecular formula is C14H30O2Si. The van der Waals surface area contributed by atoms with Crippen molar-refractivity contribution in [2.24, 2.45) is 5.92 Å². The second kappa shape index (κ2) is 5.85. The van der Waals surface area contributed by atoms with Crippen LogP contribution in [0.3, 0.4) is 0 Å². The lowest BCUT2D eigenvalue weighted by Crippen LogP contribution is -2.46. The van der Waals surface area contributed by atoms with E-state index < -0.39 is 8.32 Å². The first kappa shape index (κ1) is 15.2. The molecule has 2 nitrogen and oxygen atoms in total. The molecule has 0 aliphatic heterocycles. The van der Waals surface area contributed by atoms with E-state index in [0.29, 0.717) is 18.6 Å². The first-order chi connectivity index (χ1) is 7.78. The minimum absolute atomic E-state index is 0.286. The Morgan fingerprint density at radius 1 is 1.18 bits per heavy atom. The Kier molecular flexibility index (Phi) is 5.23. The third-order valence-corrected chi connectivity index (χ3v) is 9.10.